The van der Waals surface area contributed by atoms with Gasteiger partial charge in [0.1, 0.15) is 5.82 Å². The standard InChI is InChI=1S/C14H6BrClF4O/c15-10-3-1-8(6-11(10)16)13(21)7-2-4-12(17)9(5-7)14(18,19)20/h1-6H. The molecule has 0 aliphatic rings. The zero-order valence-electron chi connectivity index (χ0n) is 10.1. The van der Waals surface area contributed by atoms with Crippen LogP contribution < -0.4 is 0 Å². The molecule has 21 heavy (non-hydrogen) atoms. The first-order valence-corrected chi connectivity index (χ1v) is 6.74. The van der Waals surface area contributed by atoms with Crippen LogP contribution in [0, 0.1) is 5.82 Å². The van der Waals surface area contributed by atoms with Gasteiger partial charge in [0, 0.05) is 15.6 Å². The van der Waals surface area contributed by atoms with Gasteiger partial charge in [-0.05, 0) is 52.3 Å². The Labute approximate surface area is 130 Å². The number of hydrogen-bond acceptors (Lipinski definition) is 1. The van der Waals surface area contributed by atoms with Crippen molar-refractivity contribution in [3.63, 3.8) is 0 Å². The zero-order chi connectivity index (χ0) is 15.8. The first kappa shape index (κ1) is 16.0. The highest BCUT2D eigenvalue weighted by Crippen LogP contribution is 2.32. The van der Waals surface area contributed by atoms with Crippen molar-refractivity contribution < 1.29 is 22.4 Å². The number of benzene rings is 2. The highest BCUT2D eigenvalue weighted by atomic mass is 79.9. The summed E-state index contributed by atoms with van der Waals surface area (Å²) in [5, 5.41) is 0.249. The molecule has 0 radical (unpaired) electrons. The molecule has 0 heterocycles. The number of ketones is 1. The average molecular weight is 382 g/mol. The molecule has 7 heteroatoms. The summed E-state index contributed by atoms with van der Waals surface area (Å²) in [6.07, 6.45) is -4.86. The van der Waals surface area contributed by atoms with Crippen LogP contribution in [0.5, 0.6) is 0 Å². The van der Waals surface area contributed by atoms with Gasteiger partial charge in [-0.15, -0.1) is 0 Å². The van der Waals surface area contributed by atoms with Gasteiger partial charge in [0.25, 0.3) is 0 Å². The second kappa shape index (κ2) is 5.77. The van der Waals surface area contributed by atoms with Crippen molar-refractivity contribution in [2.75, 3.05) is 0 Å². The minimum atomic E-state index is -4.86. The zero-order valence-corrected chi connectivity index (χ0v) is 12.5. The molecular weight excluding hydrogens is 376 g/mol. The fraction of sp³-hybridized carbons (Fsp3) is 0.0714. The third-order valence-corrected chi connectivity index (χ3v) is 3.95. The SMILES string of the molecule is O=C(c1ccc(Br)c(Cl)c1)c1ccc(F)c(C(F)(F)F)c1. The van der Waals surface area contributed by atoms with Gasteiger partial charge >= 0.3 is 6.18 Å². The summed E-state index contributed by atoms with van der Waals surface area (Å²) in [7, 11) is 0. The van der Waals surface area contributed by atoms with Crippen molar-refractivity contribution in [1.29, 1.82) is 0 Å². The van der Waals surface area contributed by atoms with E-state index in [2.05, 4.69) is 15.9 Å². The van der Waals surface area contributed by atoms with Crippen LogP contribution in [0.25, 0.3) is 0 Å². The topological polar surface area (TPSA) is 17.1 Å². The molecule has 0 bridgehead atoms. The summed E-state index contributed by atoms with van der Waals surface area (Å²) in [5.41, 5.74) is -1.62. The second-order valence-corrected chi connectivity index (χ2v) is 5.41. The van der Waals surface area contributed by atoms with Gasteiger partial charge in [-0.25, -0.2) is 4.39 Å². The van der Waals surface area contributed by atoms with Crippen LogP contribution >= 0.6 is 27.5 Å². The highest BCUT2D eigenvalue weighted by Gasteiger charge is 2.34. The summed E-state index contributed by atoms with van der Waals surface area (Å²) in [4.78, 5) is 12.1. The molecule has 0 fully saturated rings. The Morgan fingerprint density at radius 3 is 2.19 bits per heavy atom. The largest absolute Gasteiger partial charge is 0.419 e. The van der Waals surface area contributed by atoms with E-state index < -0.39 is 23.3 Å². The number of carbonyl (C=O) groups is 1. The Kier molecular flexibility index (Phi) is 4.39. The molecule has 0 saturated heterocycles. The molecule has 0 N–H and O–H groups in total. The second-order valence-electron chi connectivity index (χ2n) is 4.15. The molecule has 0 spiro atoms. The number of rotatable bonds is 2. The fourth-order valence-corrected chi connectivity index (χ4v) is 2.11. The van der Waals surface area contributed by atoms with Crippen LogP contribution in [-0.4, -0.2) is 5.78 Å². The predicted molar refractivity (Wildman–Crippen MR) is 74.0 cm³/mol. The molecule has 0 aliphatic heterocycles. The van der Waals surface area contributed by atoms with E-state index in [4.69, 9.17) is 11.6 Å². The van der Waals surface area contributed by atoms with E-state index in [0.717, 1.165) is 6.07 Å². The normalized spacial score (nSPS) is 11.5. The lowest BCUT2D eigenvalue weighted by molar-refractivity contribution is -0.140. The Bertz CT molecular complexity index is 713. The molecule has 0 atom stereocenters. The van der Waals surface area contributed by atoms with Gasteiger partial charge in [-0.1, -0.05) is 11.6 Å². The molecule has 2 rings (SSSR count). The molecule has 0 unspecified atom stereocenters. The Morgan fingerprint density at radius 1 is 1.05 bits per heavy atom. The van der Waals surface area contributed by atoms with Crippen LogP contribution in [0.3, 0.4) is 0 Å². The van der Waals surface area contributed by atoms with Crippen molar-refractivity contribution in [1.82, 2.24) is 0 Å². The van der Waals surface area contributed by atoms with Gasteiger partial charge in [0.2, 0.25) is 0 Å². The number of hydrogen-bond donors (Lipinski definition) is 0. The van der Waals surface area contributed by atoms with E-state index in [1.807, 2.05) is 0 Å². The predicted octanol–water partition coefficient (Wildman–Crippen LogP) is 5.49. The molecule has 1 nitrogen and oxygen atoms in total. The average Bonchev–Trinajstić information content (AvgIpc) is 2.40. The Balaban J connectivity index is 2.46. The molecule has 0 aliphatic carbocycles. The molecule has 0 aromatic heterocycles. The highest BCUT2D eigenvalue weighted by molar-refractivity contribution is 9.10. The first-order valence-electron chi connectivity index (χ1n) is 5.56. The van der Waals surface area contributed by atoms with Crippen molar-refractivity contribution in [2.24, 2.45) is 0 Å². The van der Waals surface area contributed by atoms with E-state index in [0.29, 0.717) is 16.6 Å². The van der Waals surface area contributed by atoms with Crippen LogP contribution in [0.1, 0.15) is 21.5 Å². The van der Waals surface area contributed by atoms with E-state index in [-0.39, 0.29) is 16.1 Å². The third kappa shape index (κ3) is 3.44. The summed E-state index contributed by atoms with van der Waals surface area (Å²) in [5.74, 6) is -2.09. The monoisotopic (exact) mass is 380 g/mol. The van der Waals surface area contributed by atoms with Gasteiger partial charge in [-0.2, -0.15) is 13.2 Å². The lowest BCUT2D eigenvalue weighted by Gasteiger charge is -2.10. The fourth-order valence-electron chi connectivity index (χ4n) is 1.69. The lowest BCUT2D eigenvalue weighted by Crippen LogP contribution is -2.11. The summed E-state index contributed by atoms with van der Waals surface area (Å²) >= 11 is 8.98. The van der Waals surface area contributed by atoms with Crippen LogP contribution in [0.2, 0.25) is 5.02 Å². The maximum atomic E-state index is 13.2. The maximum absolute atomic E-state index is 13.2. The smallest absolute Gasteiger partial charge is 0.289 e. The molecule has 110 valence electrons. The van der Waals surface area contributed by atoms with Gasteiger partial charge in [0.05, 0.1) is 10.6 Å². The minimum Gasteiger partial charge on any atom is -0.289 e. The Morgan fingerprint density at radius 2 is 1.62 bits per heavy atom. The lowest BCUT2D eigenvalue weighted by atomic mass is 10.0. The molecule has 0 amide bonds. The summed E-state index contributed by atoms with van der Waals surface area (Å²) in [6, 6.07) is 6.36. The van der Waals surface area contributed by atoms with Gasteiger partial charge in [0.15, 0.2) is 5.78 Å². The third-order valence-electron chi connectivity index (χ3n) is 2.72. The maximum Gasteiger partial charge on any atom is 0.419 e. The van der Waals surface area contributed by atoms with E-state index >= 15 is 0 Å². The molecule has 2 aromatic rings. The summed E-state index contributed by atoms with van der Waals surface area (Å²) < 4.78 is 51.6. The van der Waals surface area contributed by atoms with Crippen molar-refractivity contribution in [3.05, 3.63) is 68.4 Å². The quantitative estimate of drug-likeness (QED) is 0.496. The Hall–Kier alpha value is -1.40. The van der Waals surface area contributed by atoms with E-state index in [1.165, 1.54) is 18.2 Å². The summed E-state index contributed by atoms with van der Waals surface area (Å²) in [6.45, 7) is 0. The number of alkyl halides is 3. The molecular formula is C14H6BrClF4O. The van der Waals surface area contributed by atoms with Crippen LogP contribution in [0.4, 0.5) is 17.6 Å². The van der Waals surface area contributed by atoms with Crippen LogP contribution in [-0.2, 0) is 6.18 Å². The van der Waals surface area contributed by atoms with Crippen LogP contribution in [0.15, 0.2) is 40.9 Å². The molecule has 2 aromatic carbocycles. The van der Waals surface area contributed by atoms with E-state index in [9.17, 15) is 22.4 Å². The minimum absolute atomic E-state index is 0.114. The van der Waals surface area contributed by atoms with Crippen molar-refractivity contribution in [2.45, 2.75) is 6.18 Å². The molecule has 0 saturated carbocycles. The number of carbonyl (C=O) groups excluding carboxylic acids is 1. The van der Waals surface area contributed by atoms with Gasteiger partial charge in [-0.3, -0.25) is 4.79 Å². The first-order chi connectivity index (χ1) is 9.70. The number of halogens is 6. The van der Waals surface area contributed by atoms with Crippen molar-refractivity contribution in [3.8, 4) is 0 Å². The van der Waals surface area contributed by atoms with Crippen molar-refractivity contribution >= 4 is 33.3 Å². The van der Waals surface area contributed by atoms with E-state index in [1.54, 1.807) is 0 Å². The van der Waals surface area contributed by atoms with Gasteiger partial charge < -0.3 is 0 Å².